The first-order valence-electron chi connectivity index (χ1n) is 2.86. The summed E-state index contributed by atoms with van der Waals surface area (Å²) in [7, 11) is -1.63. The molecule has 0 rings (SSSR count). The third-order valence-corrected chi connectivity index (χ3v) is 1.87. The lowest BCUT2D eigenvalue weighted by Gasteiger charge is -2.30. The van der Waals surface area contributed by atoms with Crippen molar-refractivity contribution in [2.24, 2.45) is 0 Å². The van der Waals surface area contributed by atoms with Crippen LogP contribution in [0.5, 0.6) is 0 Å². The van der Waals surface area contributed by atoms with E-state index in [2.05, 4.69) is 0 Å². The molecule has 0 N–H and O–H groups in total. The predicted molar refractivity (Wildman–Crippen MR) is 30.8 cm³/mol. The molecule has 0 radical (unpaired) electrons. The van der Waals surface area contributed by atoms with Crippen molar-refractivity contribution in [3.8, 4) is 0 Å². The minimum Gasteiger partial charge on any atom is -0.206 e. The highest BCUT2D eigenvalue weighted by Gasteiger charge is 2.72. The van der Waals surface area contributed by atoms with Gasteiger partial charge in [-0.05, 0) is 0 Å². The third-order valence-electron chi connectivity index (χ3n) is 1.24. The summed E-state index contributed by atoms with van der Waals surface area (Å²) >= 11 is 0. The van der Waals surface area contributed by atoms with Gasteiger partial charge in [-0.3, -0.25) is 0 Å². The van der Waals surface area contributed by atoms with Crippen LogP contribution in [0.15, 0.2) is 0 Å². The van der Waals surface area contributed by atoms with Crippen molar-refractivity contribution >= 4 is 10.2 Å². The summed E-state index contributed by atoms with van der Waals surface area (Å²) in [4.78, 5) is 0. The quantitative estimate of drug-likeness (QED) is 0.510. The average molecular weight is 232 g/mol. The van der Waals surface area contributed by atoms with Crippen LogP contribution in [0.4, 0.5) is 35.1 Å². The first kappa shape index (κ1) is 12.7. The van der Waals surface area contributed by atoms with Gasteiger partial charge in [-0.15, -0.1) is 0 Å². The second-order valence-electron chi connectivity index (χ2n) is 2.39. The fourth-order valence-corrected chi connectivity index (χ4v) is 0.763. The van der Waals surface area contributed by atoms with E-state index in [1.807, 2.05) is 0 Å². The number of rotatable bonds is 3. The normalized spacial score (nSPS) is 15.5. The van der Waals surface area contributed by atoms with Crippen LogP contribution in [-0.4, -0.2) is 34.1 Å². The fourth-order valence-electron chi connectivity index (χ4n) is 0.430. The van der Waals surface area contributed by atoms with E-state index in [0.717, 1.165) is 0 Å². The molecule has 0 nitrogen and oxygen atoms in total. The van der Waals surface area contributed by atoms with E-state index in [1.165, 1.54) is 0 Å². The molecule has 0 fully saturated rings. The lowest BCUT2D eigenvalue weighted by molar-refractivity contribution is -0.315. The van der Waals surface area contributed by atoms with E-state index in [4.69, 9.17) is 0 Å². The Balaban J connectivity index is 5.04. The van der Waals surface area contributed by atoms with Gasteiger partial charge in [0.25, 0.3) is 5.55 Å². The van der Waals surface area contributed by atoms with Crippen LogP contribution in [0.25, 0.3) is 0 Å². The molecule has 0 aliphatic rings. The smallest absolute Gasteiger partial charge is 0.206 e. The van der Waals surface area contributed by atoms with E-state index in [1.54, 1.807) is 0 Å². The van der Waals surface area contributed by atoms with Crippen molar-refractivity contribution in [3.05, 3.63) is 0 Å². The zero-order chi connectivity index (χ0) is 11.1. The molecule has 13 heavy (non-hydrogen) atoms. The van der Waals surface area contributed by atoms with Crippen molar-refractivity contribution in [2.75, 3.05) is 0 Å². The van der Waals surface area contributed by atoms with Crippen LogP contribution in [0.3, 0.4) is 0 Å². The van der Waals surface area contributed by atoms with E-state index in [0.29, 0.717) is 0 Å². The van der Waals surface area contributed by atoms with Gasteiger partial charge in [0.05, 0.1) is 10.2 Å². The Kier molecular flexibility index (Phi) is 3.02. The maximum absolute atomic E-state index is 12.0. The molecule has 0 atom stereocenters. The minimum atomic E-state index is -6.00. The van der Waals surface area contributed by atoms with Gasteiger partial charge >= 0.3 is 18.3 Å². The van der Waals surface area contributed by atoms with Crippen LogP contribution in [0.1, 0.15) is 0 Å². The summed E-state index contributed by atoms with van der Waals surface area (Å²) in [6, 6.07) is 0. The Labute approximate surface area is 70.3 Å². The van der Waals surface area contributed by atoms with Crippen LogP contribution < -0.4 is 0 Å². The van der Waals surface area contributed by atoms with E-state index >= 15 is 0 Å². The summed E-state index contributed by atoms with van der Waals surface area (Å²) in [5.41, 5.74) is -5.06. The third kappa shape index (κ3) is 1.94. The Hall–Kier alpha value is -0.343. The number of halogens is 8. The average Bonchev–Trinajstić information content (AvgIpc) is 1.84. The molecule has 0 aliphatic carbocycles. The fraction of sp³-hybridized carbons (Fsp3) is 1.00. The molecular formula is C4H4F8Si. The monoisotopic (exact) mass is 232 g/mol. The number of hydrogen-bond donors (Lipinski definition) is 0. The Morgan fingerprint density at radius 3 is 1.23 bits per heavy atom. The zero-order valence-electron chi connectivity index (χ0n) is 6.10. The SMILES string of the molecule is FC(F)C(F)(F)C(F)(F)C(F)(F)[SiH3]. The molecule has 0 heterocycles. The van der Waals surface area contributed by atoms with Gasteiger partial charge < -0.3 is 0 Å². The second-order valence-corrected chi connectivity index (χ2v) is 3.64. The molecule has 0 unspecified atom stereocenters. The molecule has 0 spiro atoms. The first-order valence-corrected chi connectivity index (χ1v) is 3.86. The van der Waals surface area contributed by atoms with Gasteiger partial charge in [-0.25, -0.2) is 17.6 Å². The highest BCUT2D eigenvalue weighted by atomic mass is 28.1. The minimum absolute atomic E-state index is 1.63. The maximum atomic E-state index is 12.0. The van der Waals surface area contributed by atoms with E-state index < -0.39 is 34.1 Å². The summed E-state index contributed by atoms with van der Waals surface area (Å²) < 4.78 is 94.0. The molecule has 0 aromatic carbocycles. The first-order chi connectivity index (χ1) is 5.44. The van der Waals surface area contributed by atoms with Gasteiger partial charge in [0, 0.05) is 0 Å². The molecule has 0 saturated heterocycles. The molecule has 0 aromatic rings. The molecule has 0 amide bonds. The zero-order valence-corrected chi connectivity index (χ0v) is 8.10. The highest BCUT2D eigenvalue weighted by Crippen LogP contribution is 2.46. The predicted octanol–water partition coefficient (Wildman–Crippen LogP) is 1.48. The van der Waals surface area contributed by atoms with E-state index in [-0.39, 0.29) is 0 Å². The van der Waals surface area contributed by atoms with Crippen LogP contribution in [0.2, 0.25) is 0 Å². The Bertz CT molecular complexity index is 181. The van der Waals surface area contributed by atoms with Crippen molar-refractivity contribution in [3.63, 3.8) is 0 Å². The largest absolute Gasteiger partial charge is 0.374 e. The van der Waals surface area contributed by atoms with Crippen LogP contribution >= 0.6 is 0 Å². The molecule has 0 bridgehead atoms. The molecule has 0 saturated carbocycles. The lowest BCUT2D eigenvalue weighted by Crippen LogP contribution is -2.57. The van der Waals surface area contributed by atoms with Crippen LogP contribution in [0, 0.1) is 0 Å². The molecular weight excluding hydrogens is 228 g/mol. The van der Waals surface area contributed by atoms with Crippen molar-refractivity contribution in [1.29, 1.82) is 0 Å². The number of alkyl halides is 8. The van der Waals surface area contributed by atoms with Gasteiger partial charge in [0.1, 0.15) is 0 Å². The number of hydrogen-bond acceptors (Lipinski definition) is 0. The lowest BCUT2D eigenvalue weighted by atomic mass is 10.2. The molecule has 0 aliphatic heterocycles. The maximum Gasteiger partial charge on any atom is 0.374 e. The Morgan fingerprint density at radius 2 is 1.15 bits per heavy atom. The van der Waals surface area contributed by atoms with E-state index in [9.17, 15) is 35.1 Å². The topological polar surface area (TPSA) is 0 Å². The summed E-state index contributed by atoms with van der Waals surface area (Å²) in [6.45, 7) is 0. The molecule has 80 valence electrons. The summed E-state index contributed by atoms with van der Waals surface area (Å²) in [6.07, 6.45) is -4.82. The standard InChI is InChI=1S/C4H4F8Si/c5-1(6)2(7,8)3(9,10)4(11,12)13/h1H,13H3. The van der Waals surface area contributed by atoms with Crippen molar-refractivity contribution in [2.45, 2.75) is 23.8 Å². The van der Waals surface area contributed by atoms with Gasteiger partial charge in [-0.2, -0.15) is 17.6 Å². The summed E-state index contributed by atoms with van der Waals surface area (Å²) in [5, 5.41) is 0. The van der Waals surface area contributed by atoms with Gasteiger partial charge in [-0.1, -0.05) is 0 Å². The molecule has 9 heteroatoms. The van der Waals surface area contributed by atoms with Gasteiger partial charge in [0.2, 0.25) is 0 Å². The second kappa shape index (κ2) is 3.10. The van der Waals surface area contributed by atoms with Gasteiger partial charge in [0.15, 0.2) is 0 Å². The Morgan fingerprint density at radius 1 is 0.846 bits per heavy atom. The van der Waals surface area contributed by atoms with Crippen molar-refractivity contribution < 1.29 is 35.1 Å². The van der Waals surface area contributed by atoms with Crippen molar-refractivity contribution in [1.82, 2.24) is 0 Å². The molecule has 0 aromatic heterocycles. The summed E-state index contributed by atoms with van der Waals surface area (Å²) in [5.74, 6) is -12.0. The highest BCUT2D eigenvalue weighted by molar-refractivity contribution is 6.14. The van der Waals surface area contributed by atoms with Crippen LogP contribution in [-0.2, 0) is 0 Å².